The van der Waals surface area contributed by atoms with Crippen LogP contribution in [0, 0.1) is 0 Å². The first-order valence-corrected chi connectivity index (χ1v) is 6.91. The molecular weight excluding hydrogens is 254 g/mol. The summed E-state index contributed by atoms with van der Waals surface area (Å²) in [4.78, 5) is 4.51. The van der Waals surface area contributed by atoms with Gasteiger partial charge in [0.15, 0.2) is 0 Å². The number of rotatable bonds is 4. The summed E-state index contributed by atoms with van der Waals surface area (Å²) in [5.74, 6) is 0.326. The van der Waals surface area contributed by atoms with Crippen molar-refractivity contribution in [3.05, 3.63) is 70.7 Å². The van der Waals surface area contributed by atoms with E-state index in [0.717, 1.165) is 22.7 Å². The van der Waals surface area contributed by atoms with Gasteiger partial charge in [0.05, 0.1) is 0 Å². The van der Waals surface area contributed by atoms with Crippen molar-refractivity contribution < 1.29 is 0 Å². The molecule has 0 fully saturated rings. The van der Waals surface area contributed by atoms with E-state index in [1.54, 1.807) is 0 Å². The van der Waals surface area contributed by atoms with Crippen LogP contribution in [0.2, 0.25) is 5.02 Å². The van der Waals surface area contributed by atoms with Crippen LogP contribution in [0.3, 0.4) is 0 Å². The Kier molecular flexibility index (Phi) is 4.75. The van der Waals surface area contributed by atoms with E-state index in [1.807, 2.05) is 37.4 Å². The lowest BCUT2D eigenvalue weighted by Crippen LogP contribution is -2.13. The molecule has 0 radical (unpaired) electrons. The van der Waals surface area contributed by atoms with Gasteiger partial charge >= 0.3 is 0 Å². The molecule has 0 spiro atoms. The first-order valence-electron chi connectivity index (χ1n) is 6.53. The van der Waals surface area contributed by atoms with Gasteiger partial charge in [-0.15, -0.1) is 0 Å². The van der Waals surface area contributed by atoms with Gasteiger partial charge in [-0.3, -0.25) is 4.99 Å². The second-order valence-electron chi connectivity index (χ2n) is 4.49. The largest absolute Gasteiger partial charge is 0.292 e. The maximum absolute atomic E-state index is 5.95. The molecule has 2 rings (SSSR count). The Balaban J connectivity index is 2.38. The second-order valence-corrected chi connectivity index (χ2v) is 4.92. The highest BCUT2D eigenvalue weighted by molar-refractivity contribution is 6.30. The molecule has 1 atom stereocenters. The highest BCUT2D eigenvalue weighted by Gasteiger charge is 2.17. The zero-order chi connectivity index (χ0) is 13.7. The third-order valence-corrected chi connectivity index (χ3v) is 3.57. The Bertz CT molecular complexity index is 543. The molecule has 19 heavy (non-hydrogen) atoms. The molecule has 2 heteroatoms. The van der Waals surface area contributed by atoms with Gasteiger partial charge in [0.25, 0.3) is 0 Å². The van der Waals surface area contributed by atoms with Crippen LogP contribution >= 0.6 is 11.6 Å². The molecule has 0 saturated heterocycles. The standard InChI is InChI=1S/C17H18ClN/c1-3-16(13-7-5-4-6-8-13)17(19-2)14-9-11-15(18)12-10-14/h4-12,16H,3H2,1-2H3. The molecule has 0 N–H and O–H groups in total. The Labute approximate surface area is 120 Å². The van der Waals surface area contributed by atoms with Crippen LogP contribution in [-0.2, 0) is 0 Å². The SMILES string of the molecule is CCC(C(=NC)c1ccc(Cl)cc1)c1ccccc1. The van der Waals surface area contributed by atoms with E-state index < -0.39 is 0 Å². The molecule has 1 unspecified atom stereocenters. The van der Waals surface area contributed by atoms with E-state index in [0.29, 0.717) is 5.92 Å². The molecule has 0 aliphatic heterocycles. The summed E-state index contributed by atoms with van der Waals surface area (Å²) in [6.45, 7) is 2.19. The molecule has 2 aromatic rings. The van der Waals surface area contributed by atoms with Crippen LogP contribution in [0.5, 0.6) is 0 Å². The van der Waals surface area contributed by atoms with Crippen molar-refractivity contribution in [2.45, 2.75) is 19.3 Å². The van der Waals surface area contributed by atoms with E-state index in [2.05, 4.69) is 36.2 Å². The van der Waals surface area contributed by atoms with Gasteiger partial charge in [-0.2, -0.15) is 0 Å². The van der Waals surface area contributed by atoms with Crippen molar-refractivity contribution in [1.82, 2.24) is 0 Å². The first kappa shape index (κ1) is 13.8. The number of benzene rings is 2. The van der Waals surface area contributed by atoms with Crippen LogP contribution in [-0.4, -0.2) is 12.8 Å². The van der Waals surface area contributed by atoms with Crippen molar-refractivity contribution in [2.75, 3.05) is 7.05 Å². The molecular formula is C17H18ClN. The van der Waals surface area contributed by atoms with E-state index in [9.17, 15) is 0 Å². The number of hydrogen-bond donors (Lipinski definition) is 0. The molecule has 0 aromatic heterocycles. The lowest BCUT2D eigenvalue weighted by atomic mass is 9.88. The average molecular weight is 272 g/mol. The Morgan fingerprint density at radius 1 is 1.05 bits per heavy atom. The van der Waals surface area contributed by atoms with Crippen LogP contribution in [0.25, 0.3) is 0 Å². The third-order valence-electron chi connectivity index (χ3n) is 3.32. The van der Waals surface area contributed by atoms with Crippen molar-refractivity contribution >= 4 is 17.3 Å². The quantitative estimate of drug-likeness (QED) is 0.698. The maximum Gasteiger partial charge on any atom is 0.0491 e. The smallest absolute Gasteiger partial charge is 0.0491 e. The Hall–Kier alpha value is -1.60. The number of nitrogens with zero attached hydrogens (tertiary/aromatic N) is 1. The van der Waals surface area contributed by atoms with E-state index in [1.165, 1.54) is 5.56 Å². The van der Waals surface area contributed by atoms with Crippen LogP contribution in [0.1, 0.15) is 30.4 Å². The molecule has 98 valence electrons. The summed E-state index contributed by atoms with van der Waals surface area (Å²) < 4.78 is 0. The van der Waals surface area contributed by atoms with E-state index >= 15 is 0 Å². The summed E-state index contributed by atoms with van der Waals surface area (Å²) in [5.41, 5.74) is 3.56. The highest BCUT2D eigenvalue weighted by Crippen LogP contribution is 2.25. The normalized spacial score (nSPS) is 13.3. The van der Waals surface area contributed by atoms with Gasteiger partial charge < -0.3 is 0 Å². The molecule has 0 bridgehead atoms. The summed E-state index contributed by atoms with van der Waals surface area (Å²) in [6.07, 6.45) is 1.03. The minimum Gasteiger partial charge on any atom is -0.292 e. The number of halogens is 1. The fourth-order valence-electron chi connectivity index (χ4n) is 2.38. The molecule has 0 aliphatic rings. The monoisotopic (exact) mass is 271 g/mol. The van der Waals surface area contributed by atoms with E-state index in [-0.39, 0.29) is 0 Å². The topological polar surface area (TPSA) is 12.4 Å². The summed E-state index contributed by atoms with van der Waals surface area (Å²) >= 11 is 5.95. The zero-order valence-corrected chi connectivity index (χ0v) is 12.1. The molecule has 2 aromatic carbocycles. The predicted molar refractivity (Wildman–Crippen MR) is 83.4 cm³/mol. The minimum atomic E-state index is 0.326. The van der Waals surface area contributed by atoms with Crippen molar-refractivity contribution in [3.8, 4) is 0 Å². The van der Waals surface area contributed by atoms with Gasteiger partial charge in [-0.05, 0) is 29.7 Å². The van der Waals surface area contributed by atoms with Gasteiger partial charge in [-0.25, -0.2) is 0 Å². The van der Waals surface area contributed by atoms with Crippen LogP contribution in [0.4, 0.5) is 0 Å². The summed E-state index contributed by atoms with van der Waals surface area (Å²) in [7, 11) is 1.86. The molecule has 1 nitrogen and oxygen atoms in total. The number of hydrogen-bond acceptors (Lipinski definition) is 1. The van der Waals surface area contributed by atoms with Gasteiger partial charge in [-0.1, -0.05) is 61.0 Å². The highest BCUT2D eigenvalue weighted by atomic mass is 35.5. The molecule has 0 aliphatic carbocycles. The fraction of sp³-hybridized carbons (Fsp3) is 0.235. The van der Waals surface area contributed by atoms with Gasteiger partial charge in [0, 0.05) is 23.7 Å². The van der Waals surface area contributed by atoms with E-state index in [4.69, 9.17) is 11.6 Å². The van der Waals surface area contributed by atoms with Crippen LogP contribution < -0.4 is 0 Å². The van der Waals surface area contributed by atoms with Gasteiger partial charge in [0.2, 0.25) is 0 Å². The minimum absolute atomic E-state index is 0.326. The van der Waals surface area contributed by atoms with Crippen molar-refractivity contribution in [3.63, 3.8) is 0 Å². The third kappa shape index (κ3) is 3.24. The lowest BCUT2D eigenvalue weighted by molar-refractivity contribution is 0.842. The first-order chi connectivity index (χ1) is 9.26. The zero-order valence-electron chi connectivity index (χ0n) is 11.3. The molecule has 0 heterocycles. The molecule has 0 saturated carbocycles. The van der Waals surface area contributed by atoms with Crippen LogP contribution in [0.15, 0.2) is 59.6 Å². The fourth-order valence-corrected chi connectivity index (χ4v) is 2.51. The lowest BCUT2D eigenvalue weighted by Gasteiger charge is -2.18. The second kappa shape index (κ2) is 6.53. The van der Waals surface area contributed by atoms with Gasteiger partial charge in [0.1, 0.15) is 0 Å². The number of aliphatic imine (C=N–C) groups is 1. The Morgan fingerprint density at radius 2 is 1.68 bits per heavy atom. The van der Waals surface area contributed by atoms with Crippen molar-refractivity contribution in [2.24, 2.45) is 4.99 Å². The van der Waals surface area contributed by atoms with Crippen molar-refractivity contribution in [1.29, 1.82) is 0 Å². The summed E-state index contributed by atoms with van der Waals surface area (Å²) in [5, 5.41) is 0.756. The molecule has 0 amide bonds. The Morgan fingerprint density at radius 3 is 2.21 bits per heavy atom. The summed E-state index contributed by atoms with van der Waals surface area (Å²) in [6, 6.07) is 18.4. The maximum atomic E-state index is 5.95. The predicted octanol–water partition coefficient (Wildman–Crippen LogP) is 4.95. The average Bonchev–Trinajstić information content (AvgIpc) is 2.47.